The summed E-state index contributed by atoms with van der Waals surface area (Å²) in [7, 11) is 1.37. The van der Waals surface area contributed by atoms with E-state index in [1.54, 1.807) is 12.1 Å². The van der Waals surface area contributed by atoms with Gasteiger partial charge in [0.1, 0.15) is 0 Å². The minimum atomic E-state index is -0.365. The number of carbonyl (C=O) groups excluding carboxylic acids is 1. The molecule has 0 saturated carbocycles. The Morgan fingerprint density at radius 1 is 1.48 bits per heavy atom. The maximum atomic E-state index is 11.5. The summed E-state index contributed by atoms with van der Waals surface area (Å²) < 4.78 is 10.6. The lowest BCUT2D eigenvalue weighted by Gasteiger charge is -2.35. The van der Waals surface area contributed by atoms with Gasteiger partial charge >= 0.3 is 5.97 Å². The van der Waals surface area contributed by atoms with Crippen molar-refractivity contribution in [2.45, 2.75) is 32.3 Å². The summed E-state index contributed by atoms with van der Waals surface area (Å²) in [5.74, 6) is -0.365. The van der Waals surface area contributed by atoms with Crippen LogP contribution in [0.3, 0.4) is 0 Å². The number of esters is 1. The number of nitrogen functional groups attached to an aromatic ring is 1. The third-order valence-corrected chi connectivity index (χ3v) is 3.73. The van der Waals surface area contributed by atoms with Gasteiger partial charge in [0.25, 0.3) is 0 Å². The standard InChI is InChI=1S/C16H24N2O3/c1-3-9-21-13-5-4-8-18(11-13)15-7-6-12(10-14(15)17)16(19)20-2/h6-7,10,13H,3-5,8-9,11,17H2,1-2H3. The Labute approximate surface area is 126 Å². The third-order valence-electron chi connectivity index (χ3n) is 3.73. The van der Waals surface area contributed by atoms with Crippen molar-refractivity contribution in [3.8, 4) is 0 Å². The van der Waals surface area contributed by atoms with Gasteiger partial charge in [0.2, 0.25) is 0 Å². The summed E-state index contributed by atoms with van der Waals surface area (Å²) in [6.07, 6.45) is 3.48. The summed E-state index contributed by atoms with van der Waals surface area (Å²) >= 11 is 0. The predicted octanol–water partition coefficient (Wildman–Crippen LogP) is 2.45. The smallest absolute Gasteiger partial charge is 0.337 e. The van der Waals surface area contributed by atoms with Crippen LogP contribution in [-0.2, 0) is 9.47 Å². The molecule has 1 saturated heterocycles. The van der Waals surface area contributed by atoms with E-state index in [-0.39, 0.29) is 12.1 Å². The first kappa shape index (κ1) is 15.6. The molecular formula is C16H24N2O3. The highest BCUT2D eigenvalue weighted by molar-refractivity contribution is 5.92. The van der Waals surface area contributed by atoms with Gasteiger partial charge in [-0.25, -0.2) is 4.79 Å². The Morgan fingerprint density at radius 3 is 2.95 bits per heavy atom. The largest absolute Gasteiger partial charge is 0.465 e. The van der Waals surface area contributed by atoms with Crippen molar-refractivity contribution < 1.29 is 14.3 Å². The Kier molecular flexibility index (Phi) is 5.44. The monoisotopic (exact) mass is 292 g/mol. The number of ether oxygens (including phenoxy) is 2. The maximum Gasteiger partial charge on any atom is 0.337 e. The molecule has 1 aromatic carbocycles. The van der Waals surface area contributed by atoms with E-state index < -0.39 is 0 Å². The van der Waals surface area contributed by atoms with Gasteiger partial charge in [-0.05, 0) is 37.5 Å². The fraction of sp³-hybridized carbons (Fsp3) is 0.562. The zero-order valence-electron chi connectivity index (χ0n) is 12.8. The lowest BCUT2D eigenvalue weighted by atomic mass is 10.1. The van der Waals surface area contributed by atoms with Crippen LogP contribution in [0.1, 0.15) is 36.5 Å². The molecule has 1 aromatic rings. The molecule has 1 heterocycles. The van der Waals surface area contributed by atoms with Gasteiger partial charge in [-0.1, -0.05) is 6.92 Å². The van der Waals surface area contributed by atoms with E-state index in [1.807, 2.05) is 6.07 Å². The maximum absolute atomic E-state index is 11.5. The molecule has 1 aliphatic rings. The molecule has 2 rings (SSSR count). The lowest BCUT2D eigenvalue weighted by molar-refractivity contribution is 0.0441. The van der Waals surface area contributed by atoms with E-state index in [1.165, 1.54) is 7.11 Å². The SMILES string of the molecule is CCCOC1CCCN(c2ccc(C(=O)OC)cc2N)C1. The average molecular weight is 292 g/mol. The predicted molar refractivity (Wildman–Crippen MR) is 83.7 cm³/mol. The van der Waals surface area contributed by atoms with Crippen LogP contribution in [0.5, 0.6) is 0 Å². The minimum Gasteiger partial charge on any atom is -0.465 e. The number of nitrogens with two attached hydrogens (primary N) is 1. The number of benzene rings is 1. The van der Waals surface area contributed by atoms with Gasteiger partial charge < -0.3 is 20.1 Å². The Morgan fingerprint density at radius 2 is 2.29 bits per heavy atom. The van der Waals surface area contributed by atoms with Crippen LogP contribution in [0.15, 0.2) is 18.2 Å². The molecule has 0 amide bonds. The van der Waals surface area contributed by atoms with E-state index in [0.717, 1.165) is 44.6 Å². The number of anilines is 2. The Hall–Kier alpha value is -1.75. The van der Waals surface area contributed by atoms with E-state index in [0.29, 0.717) is 11.3 Å². The van der Waals surface area contributed by atoms with Crippen molar-refractivity contribution >= 4 is 17.3 Å². The van der Waals surface area contributed by atoms with Gasteiger partial charge in [-0.15, -0.1) is 0 Å². The van der Waals surface area contributed by atoms with E-state index in [9.17, 15) is 4.79 Å². The van der Waals surface area contributed by atoms with Crippen LogP contribution in [-0.4, -0.2) is 38.9 Å². The molecule has 0 aromatic heterocycles. The van der Waals surface area contributed by atoms with Crippen molar-refractivity contribution in [3.63, 3.8) is 0 Å². The third kappa shape index (κ3) is 3.88. The van der Waals surface area contributed by atoms with Crippen molar-refractivity contribution in [2.24, 2.45) is 0 Å². The molecular weight excluding hydrogens is 268 g/mol. The molecule has 1 unspecified atom stereocenters. The molecule has 2 N–H and O–H groups in total. The van der Waals surface area contributed by atoms with Crippen LogP contribution in [0.25, 0.3) is 0 Å². The van der Waals surface area contributed by atoms with Gasteiger partial charge in [0, 0.05) is 19.7 Å². The van der Waals surface area contributed by atoms with Crippen molar-refractivity contribution in [1.29, 1.82) is 0 Å². The van der Waals surface area contributed by atoms with Gasteiger partial charge in [0.15, 0.2) is 0 Å². The molecule has 0 radical (unpaired) electrons. The Balaban J connectivity index is 2.08. The van der Waals surface area contributed by atoms with Gasteiger partial charge in [-0.3, -0.25) is 0 Å². The average Bonchev–Trinajstić information content (AvgIpc) is 2.52. The zero-order chi connectivity index (χ0) is 15.2. The molecule has 21 heavy (non-hydrogen) atoms. The molecule has 116 valence electrons. The second-order valence-electron chi connectivity index (χ2n) is 5.35. The number of nitrogens with zero attached hydrogens (tertiary/aromatic N) is 1. The fourth-order valence-electron chi connectivity index (χ4n) is 2.66. The van der Waals surface area contributed by atoms with E-state index in [2.05, 4.69) is 11.8 Å². The van der Waals surface area contributed by atoms with Gasteiger partial charge in [-0.2, -0.15) is 0 Å². The molecule has 0 bridgehead atoms. The Bertz CT molecular complexity index is 490. The highest BCUT2D eigenvalue weighted by Gasteiger charge is 2.22. The molecule has 0 aliphatic carbocycles. The van der Waals surface area contributed by atoms with Crippen LogP contribution in [0, 0.1) is 0 Å². The van der Waals surface area contributed by atoms with E-state index in [4.69, 9.17) is 15.2 Å². The summed E-state index contributed by atoms with van der Waals surface area (Å²) in [4.78, 5) is 13.7. The number of hydrogen-bond acceptors (Lipinski definition) is 5. The number of hydrogen-bond donors (Lipinski definition) is 1. The first-order chi connectivity index (χ1) is 10.2. The molecule has 1 aliphatic heterocycles. The molecule has 0 spiro atoms. The number of piperidine rings is 1. The first-order valence-corrected chi connectivity index (χ1v) is 7.50. The molecule has 1 fully saturated rings. The van der Waals surface area contributed by atoms with Crippen LogP contribution >= 0.6 is 0 Å². The van der Waals surface area contributed by atoms with Crippen molar-refractivity contribution in [2.75, 3.05) is 37.4 Å². The first-order valence-electron chi connectivity index (χ1n) is 7.50. The minimum absolute atomic E-state index is 0.262. The van der Waals surface area contributed by atoms with Crippen molar-refractivity contribution in [3.05, 3.63) is 23.8 Å². The molecule has 5 nitrogen and oxygen atoms in total. The normalized spacial score (nSPS) is 18.6. The highest BCUT2D eigenvalue weighted by Crippen LogP contribution is 2.28. The second-order valence-corrected chi connectivity index (χ2v) is 5.35. The van der Waals surface area contributed by atoms with Crippen LogP contribution in [0.4, 0.5) is 11.4 Å². The molecule has 5 heteroatoms. The van der Waals surface area contributed by atoms with Crippen LogP contribution in [0.2, 0.25) is 0 Å². The number of methoxy groups -OCH3 is 1. The topological polar surface area (TPSA) is 64.8 Å². The molecule has 1 atom stereocenters. The number of rotatable bonds is 5. The van der Waals surface area contributed by atoms with E-state index >= 15 is 0 Å². The summed E-state index contributed by atoms with van der Waals surface area (Å²) in [5, 5.41) is 0. The zero-order valence-corrected chi connectivity index (χ0v) is 12.8. The second kappa shape index (κ2) is 7.31. The summed E-state index contributed by atoms with van der Waals surface area (Å²) in [6, 6.07) is 5.33. The van der Waals surface area contributed by atoms with Gasteiger partial charge in [0.05, 0.1) is 30.2 Å². The fourth-order valence-corrected chi connectivity index (χ4v) is 2.66. The lowest BCUT2D eigenvalue weighted by Crippen LogP contribution is -2.40. The quantitative estimate of drug-likeness (QED) is 0.667. The summed E-state index contributed by atoms with van der Waals surface area (Å²) in [5.41, 5.74) is 8.15. The highest BCUT2D eigenvalue weighted by atomic mass is 16.5. The summed E-state index contributed by atoms with van der Waals surface area (Å²) in [6.45, 7) is 4.73. The number of carbonyl (C=O) groups is 1. The van der Waals surface area contributed by atoms with Crippen LogP contribution < -0.4 is 10.6 Å². The van der Waals surface area contributed by atoms with Crippen molar-refractivity contribution in [1.82, 2.24) is 0 Å².